The second-order valence-corrected chi connectivity index (χ2v) is 7.97. The van der Waals surface area contributed by atoms with E-state index in [0.717, 1.165) is 22.7 Å². The first-order chi connectivity index (χ1) is 13.5. The van der Waals surface area contributed by atoms with Crippen LogP contribution in [0.4, 0.5) is 0 Å². The number of thioether (sulfide) groups is 1. The summed E-state index contributed by atoms with van der Waals surface area (Å²) in [6.45, 7) is 4.95. The second kappa shape index (κ2) is 9.06. The maximum absolute atomic E-state index is 13.0. The number of carbonyl (C=O) groups is 1. The number of carbonyl (C=O) groups excluding carboxylic acids is 1. The lowest BCUT2D eigenvalue weighted by Crippen LogP contribution is -2.24. The van der Waals surface area contributed by atoms with Gasteiger partial charge in [0.15, 0.2) is 5.16 Å². The number of fused-ring (bicyclic) bond motifs is 1. The van der Waals surface area contributed by atoms with Gasteiger partial charge in [0, 0.05) is 12.3 Å². The Labute approximate surface area is 168 Å². The standard InChI is InChI=1S/C22H24N2O3S/c1-15(2)12-13-24-20(25)18-6-4-5-7-19(18)23-22(24)28-14-16-8-10-17(11-9-16)21(26)27-3/h4-11,15H,12-14H2,1-3H3. The van der Waals surface area contributed by atoms with Crippen LogP contribution in [-0.4, -0.2) is 22.6 Å². The Hall–Kier alpha value is -2.60. The number of methoxy groups -OCH3 is 1. The highest BCUT2D eigenvalue weighted by Crippen LogP contribution is 2.23. The van der Waals surface area contributed by atoms with Gasteiger partial charge in [-0.05, 0) is 42.2 Å². The molecule has 0 aliphatic heterocycles. The van der Waals surface area contributed by atoms with Crippen LogP contribution in [0.1, 0.15) is 36.2 Å². The first kappa shape index (κ1) is 20.1. The summed E-state index contributed by atoms with van der Waals surface area (Å²) in [7, 11) is 1.37. The molecule has 0 atom stereocenters. The van der Waals surface area contributed by atoms with Gasteiger partial charge in [-0.2, -0.15) is 0 Å². The topological polar surface area (TPSA) is 61.2 Å². The minimum Gasteiger partial charge on any atom is -0.465 e. The lowest BCUT2D eigenvalue weighted by molar-refractivity contribution is 0.0600. The summed E-state index contributed by atoms with van der Waals surface area (Å²) in [5, 5.41) is 1.37. The first-order valence-corrected chi connectivity index (χ1v) is 10.3. The van der Waals surface area contributed by atoms with Gasteiger partial charge in [-0.15, -0.1) is 0 Å². The predicted octanol–water partition coefficient (Wildman–Crippen LogP) is 4.52. The van der Waals surface area contributed by atoms with Crippen LogP contribution in [0.15, 0.2) is 58.5 Å². The molecular formula is C22H24N2O3S. The Morgan fingerprint density at radius 3 is 2.54 bits per heavy atom. The number of aromatic nitrogens is 2. The van der Waals surface area contributed by atoms with Gasteiger partial charge in [-0.25, -0.2) is 9.78 Å². The Kier molecular flexibility index (Phi) is 6.52. The highest BCUT2D eigenvalue weighted by atomic mass is 32.2. The quantitative estimate of drug-likeness (QED) is 0.334. The van der Waals surface area contributed by atoms with E-state index in [0.29, 0.717) is 29.2 Å². The molecule has 146 valence electrons. The minimum absolute atomic E-state index is 0.00906. The lowest BCUT2D eigenvalue weighted by Gasteiger charge is -2.14. The number of esters is 1. The minimum atomic E-state index is -0.349. The van der Waals surface area contributed by atoms with Crippen molar-refractivity contribution in [3.63, 3.8) is 0 Å². The number of ether oxygens (including phenoxy) is 1. The maximum atomic E-state index is 13.0. The maximum Gasteiger partial charge on any atom is 0.337 e. The Bertz CT molecular complexity index is 1030. The molecule has 1 heterocycles. The van der Waals surface area contributed by atoms with E-state index in [4.69, 9.17) is 9.72 Å². The largest absolute Gasteiger partial charge is 0.465 e. The molecule has 0 aliphatic carbocycles. The molecule has 0 N–H and O–H groups in total. The van der Waals surface area contributed by atoms with Crippen molar-refractivity contribution in [3.8, 4) is 0 Å². The van der Waals surface area contributed by atoms with Gasteiger partial charge in [-0.3, -0.25) is 9.36 Å². The molecule has 0 saturated heterocycles. The fourth-order valence-corrected chi connectivity index (χ4v) is 3.83. The van der Waals surface area contributed by atoms with E-state index in [2.05, 4.69) is 13.8 Å². The summed E-state index contributed by atoms with van der Waals surface area (Å²) < 4.78 is 6.52. The van der Waals surface area contributed by atoms with Crippen molar-refractivity contribution in [2.45, 2.75) is 37.7 Å². The van der Waals surface area contributed by atoms with Crippen LogP contribution in [0.5, 0.6) is 0 Å². The summed E-state index contributed by atoms with van der Waals surface area (Å²) in [4.78, 5) is 29.3. The van der Waals surface area contributed by atoms with Gasteiger partial charge in [0.25, 0.3) is 5.56 Å². The summed E-state index contributed by atoms with van der Waals surface area (Å²) in [5.41, 5.74) is 2.30. The van der Waals surface area contributed by atoms with E-state index in [1.807, 2.05) is 36.4 Å². The molecular weight excluding hydrogens is 372 g/mol. The molecule has 1 aromatic heterocycles. The van der Waals surface area contributed by atoms with Crippen molar-refractivity contribution in [1.29, 1.82) is 0 Å². The molecule has 0 aliphatic rings. The third kappa shape index (κ3) is 4.62. The second-order valence-electron chi connectivity index (χ2n) is 7.03. The molecule has 0 bridgehead atoms. The number of hydrogen-bond donors (Lipinski definition) is 0. The number of para-hydroxylation sites is 1. The Morgan fingerprint density at radius 1 is 1.14 bits per heavy atom. The lowest BCUT2D eigenvalue weighted by atomic mass is 10.1. The van der Waals surface area contributed by atoms with Crippen molar-refractivity contribution in [2.24, 2.45) is 5.92 Å². The molecule has 0 spiro atoms. The monoisotopic (exact) mass is 396 g/mol. The average molecular weight is 397 g/mol. The van der Waals surface area contributed by atoms with E-state index in [9.17, 15) is 9.59 Å². The van der Waals surface area contributed by atoms with Crippen molar-refractivity contribution in [3.05, 3.63) is 70.0 Å². The van der Waals surface area contributed by atoms with Crippen molar-refractivity contribution >= 4 is 28.6 Å². The smallest absolute Gasteiger partial charge is 0.337 e. The van der Waals surface area contributed by atoms with E-state index in [-0.39, 0.29) is 11.5 Å². The molecule has 3 rings (SSSR count). The number of rotatable bonds is 7. The van der Waals surface area contributed by atoms with Crippen molar-refractivity contribution in [2.75, 3.05) is 7.11 Å². The van der Waals surface area contributed by atoms with Crippen LogP contribution in [-0.2, 0) is 17.0 Å². The molecule has 0 saturated carbocycles. The predicted molar refractivity (Wildman–Crippen MR) is 113 cm³/mol. The van der Waals surface area contributed by atoms with Gasteiger partial charge in [0.05, 0.1) is 23.6 Å². The van der Waals surface area contributed by atoms with Gasteiger partial charge >= 0.3 is 5.97 Å². The number of benzene rings is 2. The molecule has 3 aromatic rings. The molecule has 6 heteroatoms. The Morgan fingerprint density at radius 2 is 1.86 bits per heavy atom. The highest BCUT2D eigenvalue weighted by Gasteiger charge is 2.12. The van der Waals surface area contributed by atoms with Crippen LogP contribution >= 0.6 is 11.8 Å². The fraction of sp³-hybridized carbons (Fsp3) is 0.318. The van der Waals surface area contributed by atoms with Crippen LogP contribution in [0, 0.1) is 5.92 Å². The normalized spacial score (nSPS) is 11.1. The fourth-order valence-electron chi connectivity index (χ4n) is 2.85. The molecule has 2 aromatic carbocycles. The highest BCUT2D eigenvalue weighted by molar-refractivity contribution is 7.98. The van der Waals surface area contributed by atoms with Crippen molar-refractivity contribution in [1.82, 2.24) is 9.55 Å². The third-order valence-electron chi connectivity index (χ3n) is 4.50. The summed E-state index contributed by atoms with van der Waals surface area (Å²) in [6.07, 6.45) is 0.918. The molecule has 28 heavy (non-hydrogen) atoms. The van der Waals surface area contributed by atoms with Gasteiger partial charge in [0.2, 0.25) is 0 Å². The average Bonchev–Trinajstić information content (AvgIpc) is 2.71. The van der Waals surface area contributed by atoms with Crippen LogP contribution < -0.4 is 5.56 Å². The van der Waals surface area contributed by atoms with E-state index in [1.165, 1.54) is 18.9 Å². The zero-order valence-corrected chi connectivity index (χ0v) is 17.2. The van der Waals surface area contributed by atoms with Crippen molar-refractivity contribution < 1.29 is 9.53 Å². The van der Waals surface area contributed by atoms with E-state index >= 15 is 0 Å². The number of nitrogens with zero attached hydrogens (tertiary/aromatic N) is 2. The summed E-state index contributed by atoms with van der Waals surface area (Å²) in [5.74, 6) is 0.813. The van der Waals surface area contributed by atoms with E-state index in [1.54, 1.807) is 16.7 Å². The van der Waals surface area contributed by atoms with E-state index < -0.39 is 0 Å². The molecule has 0 unspecified atom stereocenters. The van der Waals surface area contributed by atoms with Gasteiger partial charge in [0.1, 0.15) is 0 Å². The van der Waals surface area contributed by atoms with Crippen LogP contribution in [0.2, 0.25) is 0 Å². The van der Waals surface area contributed by atoms with Crippen LogP contribution in [0.25, 0.3) is 10.9 Å². The zero-order valence-electron chi connectivity index (χ0n) is 16.3. The third-order valence-corrected chi connectivity index (χ3v) is 5.55. The molecule has 5 nitrogen and oxygen atoms in total. The SMILES string of the molecule is COC(=O)c1ccc(CSc2nc3ccccc3c(=O)n2CCC(C)C)cc1. The number of hydrogen-bond acceptors (Lipinski definition) is 5. The first-order valence-electron chi connectivity index (χ1n) is 9.29. The zero-order chi connectivity index (χ0) is 20.1. The molecule has 0 amide bonds. The van der Waals surface area contributed by atoms with Gasteiger partial charge < -0.3 is 4.74 Å². The van der Waals surface area contributed by atoms with Crippen LogP contribution in [0.3, 0.4) is 0 Å². The molecule has 0 fully saturated rings. The molecule has 0 radical (unpaired) electrons. The summed E-state index contributed by atoms with van der Waals surface area (Å²) in [6, 6.07) is 14.8. The summed E-state index contributed by atoms with van der Waals surface area (Å²) >= 11 is 1.54. The van der Waals surface area contributed by atoms with Gasteiger partial charge in [-0.1, -0.05) is 49.9 Å². The Balaban J connectivity index is 1.87.